The predicted molar refractivity (Wildman–Crippen MR) is 116 cm³/mol. The van der Waals surface area contributed by atoms with Gasteiger partial charge in [-0.25, -0.2) is 4.68 Å². The molecule has 2 N–H and O–H groups in total. The summed E-state index contributed by atoms with van der Waals surface area (Å²) in [5, 5.41) is 38.1. The minimum Gasteiger partial charge on any atom is -0.508 e. The molecule has 1 unspecified atom stereocenters. The van der Waals surface area contributed by atoms with Crippen molar-refractivity contribution in [2.45, 2.75) is 45.6 Å². The second kappa shape index (κ2) is 8.68. The fourth-order valence-corrected chi connectivity index (χ4v) is 4.07. The van der Waals surface area contributed by atoms with Gasteiger partial charge in [-0.2, -0.15) is 5.26 Å². The van der Waals surface area contributed by atoms with Crippen molar-refractivity contribution in [2.24, 2.45) is 5.92 Å². The highest BCUT2D eigenvalue weighted by Gasteiger charge is 2.26. The lowest BCUT2D eigenvalue weighted by molar-refractivity contribution is 0.252. The van der Waals surface area contributed by atoms with Crippen LogP contribution in [0.5, 0.6) is 17.2 Å². The monoisotopic (exact) mass is 418 g/mol. The molecule has 4 rings (SSSR count). The molecule has 0 saturated carbocycles. The summed E-state index contributed by atoms with van der Waals surface area (Å²) < 4.78 is 7.76. The second-order valence-electron chi connectivity index (χ2n) is 8.32. The highest BCUT2D eigenvalue weighted by molar-refractivity contribution is 5.71. The molecule has 7 nitrogen and oxygen atoms in total. The lowest BCUT2D eigenvalue weighted by atomic mass is 9.90. The van der Waals surface area contributed by atoms with E-state index in [-0.39, 0.29) is 17.4 Å². The Kier molecular flexibility index (Phi) is 5.81. The second-order valence-corrected chi connectivity index (χ2v) is 8.32. The number of aromatic hydroxyl groups is 2. The molecule has 0 aliphatic carbocycles. The fraction of sp³-hybridized carbons (Fsp3) is 0.375. The van der Waals surface area contributed by atoms with Gasteiger partial charge in [0.15, 0.2) is 0 Å². The molecule has 0 fully saturated rings. The Morgan fingerprint density at radius 2 is 1.97 bits per heavy atom. The maximum atomic E-state index is 10.5. The highest BCUT2D eigenvalue weighted by atomic mass is 16.5. The molecule has 1 aromatic heterocycles. The van der Waals surface area contributed by atoms with Gasteiger partial charge in [0.25, 0.3) is 0 Å². The number of hydrogen-bond acceptors (Lipinski definition) is 6. The molecule has 0 saturated heterocycles. The number of nitriles is 1. The van der Waals surface area contributed by atoms with Gasteiger partial charge in [-0.15, -0.1) is 5.10 Å². The molecule has 0 radical (unpaired) electrons. The molecule has 0 bridgehead atoms. The third kappa shape index (κ3) is 4.33. The smallest absolute Gasteiger partial charge is 0.128 e. The number of ether oxygens (including phenoxy) is 1. The first kappa shape index (κ1) is 20.7. The first-order valence-corrected chi connectivity index (χ1v) is 10.6. The normalized spacial score (nSPS) is 15.5. The standard InChI is InChI=1S/C24H26N4O3/c1-15(2)19-12-20(23(30)13-22(19)29)24-21-11-16(7-9-28(21)27-26-24)8-10-31-18-5-3-17(14-25)4-6-18/h3-6,12-13,15-16,29-30H,7-11H2,1-2H3. The Morgan fingerprint density at radius 3 is 2.68 bits per heavy atom. The van der Waals surface area contributed by atoms with E-state index in [1.54, 1.807) is 12.1 Å². The number of nitrogens with zero attached hydrogens (tertiary/aromatic N) is 4. The average molecular weight is 418 g/mol. The zero-order valence-electron chi connectivity index (χ0n) is 17.7. The molecule has 0 amide bonds. The van der Waals surface area contributed by atoms with Crippen LogP contribution in [0.15, 0.2) is 36.4 Å². The van der Waals surface area contributed by atoms with Crippen molar-refractivity contribution in [3.05, 3.63) is 53.2 Å². The molecule has 3 aromatic rings. The van der Waals surface area contributed by atoms with Crippen molar-refractivity contribution in [3.63, 3.8) is 0 Å². The molecule has 160 valence electrons. The van der Waals surface area contributed by atoms with Crippen LogP contribution in [0.3, 0.4) is 0 Å². The van der Waals surface area contributed by atoms with Gasteiger partial charge in [0.1, 0.15) is 22.9 Å². The van der Waals surface area contributed by atoms with E-state index in [4.69, 9.17) is 10.00 Å². The summed E-state index contributed by atoms with van der Waals surface area (Å²) in [5.74, 6) is 1.41. The fourth-order valence-electron chi connectivity index (χ4n) is 4.07. The van der Waals surface area contributed by atoms with Crippen molar-refractivity contribution in [1.82, 2.24) is 15.0 Å². The summed E-state index contributed by atoms with van der Waals surface area (Å²) in [6.07, 6.45) is 2.69. The van der Waals surface area contributed by atoms with Crippen LogP contribution in [0.4, 0.5) is 0 Å². The van der Waals surface area contributed by atoms with E-state index in [0.29, 0.717) is 29.3 Å². The van der Waals surface area contributed by atoms with Gasteiger partial charge in [-0.3, -0.25) is 0 Å². The summed E-state index contributed by atoms with van der Waals surface area (Å²) in [5.41, 5.74) is 3.68. The van der Waals surface area contributed by atoms with Crippen molar-refractivity contribution in [3.8, 4) is 34.6 Å². The van der Waals surface area contributed by atoms with E-state index >= 15 is 0 Å². The number of rotatable bonds is 6. The number of phenolic OH excluding ortho intramolecular Hbond substituents is 2. The van der Waals surface area contributed by atoms with Crippen LogP contribution in [-0.2, 0) is 13.0 Å². The van der Waals surface area contributed by atoms with Gasteiger partial charge in [-0.05, 0) is 67.0 Å². The van der Waals surface area contributed by atoms with Crippen LogP contribution in [0.1, 0.15) is 49.4 Å². The minimum absolute atomic E-state index is 0.0106. The molecule has 2 heterocycles. The topological polar surface area (TPSA) is 104 Å². The number of aromatic nitrogens is 3. The maximum absolute atomic E-state index is 10.5. The average Bonchev–Trinajstić information content (AvgIpc) is 3.17. The van der Waals surface area contributed by atoms with Crippen LogP contribution in [0.25, 0.3) is 11.3 Å². The van der Waals surface area contributed by atoms with Crippen molar-refractivity contribution in [2.75, 3.05) is 6.61 Å². The summed E-state index contributed by atoms with van der Waals surface area (Å²) in [4.78, 5) is 0. The van der Waals surface area contributed by atoms with E-state index in [0.717, 1.165) is 42.8 Å². The summed E-state index contributed by atoms with van der Waals surface area (Å²) in [7, 11) is 0. The van der Waals surface area contributed by atoms with Crippen LogP contribution in [-0.4, -0.2) is 31.8 Å². The van der Waals surface area contributed by atoms with E-state index in [1.165, 1.54) is 6.07 Å². The van der Waals surface area contributed by atoms with Gasteiger partial charge in [0.05, 0.1) is 23.9 Å². The Labute approximate surface area is 181 Å². The van der Waals surface area contributed by atoms with Crippen LogP contribution >= 0.6 is 0 Å². The Morgan fingerprint density at radius 1 is 1.19 bits per heavy atom. The minimum atomic E-state index is 0.0106. The van der Waals surface area contributed by atoms with Crippen LogP contribution in [0.2, 0.25) is 0 Å². The van der Waals surface area contributed by atoms with Crippen molar-refractivity contribution >= 4 is 0 Å². The molecule has 31 heavy (non-hydrogen) atoms. The maximum Gasteiger partial charge on any atom is 0.128 e. The number of aryl methyl sites for hydroxylation is 1. The Hall–Kier alpha value is -3.53. The van der Waals surface area contributed by atoms with E-state index < -0.39 is 0 Å². The first-order valence-electron chi connectivity index (χ1n) is 10.6. The highest BCUT2D eigenvalue weighted by Crippen LogP contribution is 2.39. The molecular formula is C24H26N4O3. The molecule has 1 aliphatic rings. The lowest BCUT2D eigenvalue weighted by Crippen LogP contribution is -2.21. The molecule has 0 spiro atoms. The summed E-state index contributed by atoms with van der Waals surface area (Å²) >= 11 is 0. The molecule has 1 atom stereocenters. The van der Waals surface area contributed by atoms with Gasteiger partial charge in [0.2, 0.25) is 0 Å². The van der Waals surface area contributed by atoms with Crippen molar-refractivity contribution in [1.29, 1.82) is 5.26 Å². The van der Waals surface area contributed by atoms with E-state index in [9.17, 15) is 10.2 Å². The summed E-state index contributed by atoms with van der Waals surface area (Å²) in [6.45, 7) is 5.37. The molecule has 1 aliphatic heterocycles. The third-order valence-electron chi connectivity index (χ3n) is 5.87. The van der Waals surface area contributed by atoms with Crippen LogP contribution in [0, 0.1) is 17.2 Å². The molecular weight excluding hydrogens is 392 g/mol. The first-order chi connectivity index (χ1) is 15.0. The largest absolute Gasteiger partial charge is 0.508 e. The third-order valence-corrected chi connectivity index (χ3v) is 5.87. The van der Waals surface area contributed by atoms with E-state index in [1.807, 2.05) is 36.7 Å². The number of fused-ring (bicyclic) bond motifs is 1. The predicted octanol–water partition coefficient (Wildman–Crippen LogP) is 4.38. The zero-order valence-corrected chi connectivity index (χ0v) is 17.7. The van der Waals surface area contributed by atoms with Gasteiger partial charge in [0, 0.05) is 18.2 Å². The number of benzene rings is 2. The summed E-state index contributed by atoms with van der Waals surface area (Å²) in [6, 6.07) is 12.4. The quantitative estimate of drug-likeness (QED) is 0.615. The van der Waals surface area contributed by atoms with E-state index in [2.05, 4.69) is 16.4 Å². The Balaban J connectivity index is 1.47. The SMILES string of the molecule is CC(C)c1cc(-c2nnn3c2CC(CCOc2ccc(C#N)cc2)CC3)c(O)cc1O. The van der Waals surface area contributed by atoms with Crippen LogP contribution < -0.4 is 4.74 Å². The number of phenols is 2. The Bertz CT molecular complexity index is 1110. The van der Waals surface area contributed by atoms with Gasteiger partial charge < -0.3 is 14.9 Å². The molecule has 7 heteroatoms. The number of hydrogen-bond donors (Lipinski definition) is 2. The van der Waals surface area contributed by atoms with Gasteiger partial charge >= 0.3 is 0 Å². The van der Waals surface area contributed by atoms with Gasteiger partial charge in [-0.1, -0.05) is 19.1 Å². The zero-order chi connectivity index (χ0) is 22.0. The van der Waals surface area contributed by atoms with Crippen molar-refractivity contribution < 1.29 is 14.9 Å². The molecule has 2 aromatic carbocycles. The lowest BCUT2D eigenvalue weighted by Gasteiger charge is -2.23.